The summed E-state index contributed by atoms with van der Waals surface area (Å²) in [7, 11) is 0. The Morgan fingerprint density at radius 3 is 2.82 bits per heavy atom. The molecule has 0 radical (unpaired) electrons. The third-order valence-corrected chi connectivity index (χ3v) is 4.88. The first-order valence-corrected chi connectivity index (χ1v) is 8.58. The van der Waals surface area contributed by atoms with Crippen molar-refractivity contribution in [2.24, 2.45) is 5.92 Å². The summed E-state index contributed by atoms with van der Waals surface area (Å²) < 4.78 is 0. The summed E-state index contributed by atoms with van der Waals surface area (Å²) in [4.78, 5) is 14.5. The molecule has 0 aromatic heterocycles. The van der Waals surface area contributed by atoms with E-state index in [2.05, 4.69) is 39.8 Å². The van der Waals surface area contributed by atoms with Gasteiger partial charge in [0.1, 0.15) is 0 Å². The lowest BCUT2D eigenvalue weighted by Gasteiger charge is -2.27. The smallest absolute Gasteiger partial charge is 0.220 e. The van der Waals surface area contributed by atoms with E-state index in [-0.39, 0.29) is 5.91 Å². The van der Waals surface area contributed by atoms with Gasteiger partial charge in [-0.05, 0) is 36.3 Å². The molecule has 1 aromatic carbocycles. The predicted octanol–water partition coefficient (Wildman–Crippen LogP) is 1.20. The maximum Gasteiger partial charge on any atom is 0.220 e. The van der Waals surface area contributed by atoms with Gasteiger partial charge in [0, 0.05) is 45.7 Å². The van der Waals surface area contributed by atoms with Crippen molar-refractivity contribution in [1.29, 1.82) is 0 Å². The predicted molar refractivity (Wildman–Crippen MR) is 88.9 cm³/mol. The molecule has 1 atom stereocenters. The van der Waals surface area contributed by atoms with Crippen LogP contribution in [0, 0.1) is 5.92 Å². The lowest BCUT2D eigenvalue weighted by atomic mass is 9.82. The van der Waals surface area contributed by atoms with Crippen LogP contribution in [0.3, 0.4) is 0 Å². The first-order chi connectivity index (χ1) is 10.8. The molecular formula is C18H27N3O. The monoisotopic (exact) mass is 301 g/mol. The van der Waals surface area contributed by atoms with Crippen molar-refractivity contribution in [1.82, 2.24) is 15.5 Å². The van der Waals surface area contributed by atoms with Gasteiger partial charge in [0.2, 0.25) is 5.91 Å². The Kier molecular flexibility index (Phi) is 5.46. The number of carbonyl (C=O) groups is 1. The molecule has 4 nitrogen and oxygen atoms in total. The first-order valence-electron chi connectivity index (χ1n) is 8.58. The van der Waals surface area contributed by atoms with E-state index in [1.165, 1.54) is 11.1 Å². The molecule has 1 saturated heterocycles. The second-order valence-corrected chi connectivity index (χ2v) is 6.52. The Morgan fingerprint density at radius 1 is 1.23 bits per heavy atom. The van der Waals surface area contributed by atoms with Crippen molar-refractivity contribution >= 4 is 5.91 Å². The van der Waals surface area contributed by atoms with Crippen LogP contribution in [0.1, 0.15) is 24.0 Å². The summed E-state index contributed by atoms with van der Waals surface area (Å²) in [6.45, 7) is 6.07. The zero-order chi connectivity index (χ0) is 15.2. The molecule has 1 aliphatic heterocycles. The lowest BCUT2D eigenvalue weighted by Crippen LogP contribution is -2.46. The van der Waals surface area contributed by atoms with Crippen LogP contribution in [0.4, 0.5) is 0 Å². The zero-order valence-corrected chi connectivity index (χ0v) is 13.3. The first kappa shape index (κ1) is 15.5. The highest BCUT2D eigenvalue weighted by Gasteiger charge is 2.20. The number of rotatable bonds is 5. The lowest BCUT2D eigenvalue weighted by molar-refractivity contribution is -0.122. The molecule has 0 saturated carbocycles. The second kappa shape index (κ2) is 7.75. The molecule has 1 heterocycles. The van der Waals surface area contributed by atoms with Gasteiger partial charge >= 0.3 is 0 Å². The van der Waals surface area contributed by atoms with Crippen molar-refractivity contribution in [2.75, 3.05) is 39.3 Å². The summed E-state index contributed by atoms with van der Waals surface area (Å²) >= 11 is 0. The SMILES string of the molecule is O=C(CC1CCc2ccccc2C1)NCCN1CCNCC1. The zero-order valence-electron chi connectivity index (χ0n) is 13.3. The molecule has 2 aliphatic rings. The number of fused-ring (bicyclic) bond motifs is 1. The van der Waals surface area contributed by atoms with E-state index in [4.69, 9.17) is 0 Å². The van der Waals surface area contributed by atoms with E-state index in [1.807, 2.05) is 0 Å². The van der Waals surface area contributed by atoms with Crippen LogP contribution < -0.4 is 10.6 Å². The van der Waals surface area contributed by atoms with E-state index in [0.717, 1.165) is 58.5 Å². The van der Waals surface area contributed by atoms with Gasteiger partial charge in [0.05, 0.1) is 0 Å². The normalized spacial score (nSPS) is 22.1. The Morgan fingerprint density at radius 2 is 2.00 bits per heavy atom. The maximum atomic E-state index is 12.1. The van der Waals surface area contributed by atoms with Crippen molar-refractivity contribution in [3.05, 3.63) is 35.4 Å². The third kappa shape index (κ3) is 4.31. The van der Waals surface area contributed by atoms with Gasteiger partial charge < -0.3 is 10.6 Å². The van der Waals surface area contributed by atoms with Crippen LogP contribution >= 0.6 is 0 Å². The fourth-order valence-electron chi connectivity index (χ4n) is 3.57. The Balaban J connectivity index is 1.37. The van der Waals surface area contributed by atoms with Crippen LogP contribution in [0.5, 0.6) is 0 Å². The molecule has 4 heteroatoms. The van der Waals surface area contributed by atoms with Gasteiger partial charge in [-0.15, -0.1) is 0 Å². The van der Waals surface area contributed by atoms with Crippen LogP contribution in [-0.2, 0) is 17.6 Å². The number of benzene rings is 1. The van der Waals surface area contributed by atoms with Crippen molar-refractivity contribution < 1.29 is 4.79 Å². The topological polar surface area (TPSA) is 44.4 Å². The van der Waals surface area contributed by atoms with Crippen LogP contribution in [-0.4, -0.2) is 50.1 Å². The number of hydrogen-bond acceptors (Lipinski definition) is 3. The standard InChI is InChI=1S/C18H27N3O/c22-18(20-9-12-21-10-7-19-8-11-21)14-15-5-6-16-3-1-2-4-17(16)13-15/h1-4,15,19H,5-14H2,(H,20,22). The number of carbonyl (C=O) groups excluding carboxylic acids is 1. The summed E-state index contributed by atoms with van der Waals surface area (Å²) in [5, 5.41) is 6.45. The van der Waals surface area contributed by atoms with Gasteiger partial charge in [-0.25, -0.2) is 0 Å². The van der Waals surface area contributed by atoms with E-state index >= 15 is 0 Å². The molecule has 1 aliphatic carbocycles. The molecule has 3 rings (SSSR count). The summed E-state index contributed by atoms with van der Waals surface area (Å²) in [6.07, 6.45) is 3.99. The summed E-state index contributed by atoms with van der Waals surface area (Å²) in [6, 6.07) is 8.65. The number of hydrogen-bond donors (Lipinski definition) is 2. The Bertz CT molecular complexity index is 497. The van der Waals surface area contributed by atoms with Crippen LogP contribution in [0.2, 0.25) is 0 Å². The average molecular weight is 301 g/mol. The van der Waals surface area contributed by atoms with Gasteiger partial charge in [-0.3, -0.25) is 9.69 Å². The molecule has 0 bridgehead atoms. The largest absolute Gasteiger partial charge is 0.355 e. The minimum absolute atomic E-state index is 0.222. The minimum atomic E-state index is 0.222. The maximum absolute atomic E-state index is 12.1. The van der Waals surface area contributed by atoms with E-state index in [0.29, 0.717) is 12.3 Å². The van der Waals surface area contributed by atoms with Crippen LogP contribution in [0.25, 0.3) is 0 Å². The molecule has 22 heavy (non-hydrogen) atoms. The molecule has 1 fully saturated rings. The van der Waals surface area contributed by atoms with Gasteiger partial charge in [0.15, 0.2) is 0 Å². The van der Waals surface area contributed by atoms with Gasteiger partial charge in [-0.1, -0.05) is 24.3 Å². The number of amides is 1. The van der Waals surface area contributed by atoms with Crippen molar-refractivity contribution in [3.63, 3.8) is 0 Å². The van der Waals surface area contributed by atoms with E-state index in [9.17, 15) is 4.79 Å². The number of nitrogens with zero attached hydrogens (tertiary/aromatic N) is 1. The Labute approximate surface area is 133 Å². The fraction of sp³-hybridized carbons (Fsp3) is 0.611. The summed E-state index contributed by atoms with van der Waals surface area (Å²) in [5.41, 5.74) is 2.91. The molecule has 1 amide bonds. The molecule has 1 aromatic rings. The molecule has 1 unspecified atom stereocenters. The highest BCUT2D eigenvalue weighted by Crippen LogP contribution is 2.27. The molecule has 0 spiro atoms. The number of nitrogens with one attached hydrogen (secondary N) is 2. The fourth-order valence-corrected chi connectivity index (χ4v) is 3.57. The van der Waals surface area contributed by atoms with Gasteiger partial charge in [-0.2, -0.15) is 0 Å². The Hall–Kier alpha value is -1.39. The van der Waals surface area contributed by atoms with Crippen LogP contribution in [0.15, 0.2) is 24.3 Å². The highest BCUT2D eigenvalue weighted by atomic mass is 16.1. The minimum Gasteiger partial charge on any atom is -0.355 e. The molecular weight excluding hydrogens is 274 g/mol. The van der Waals surface area contributed by atoms with Gasteiger partial charge in [0.25, 0.3) is 0 Å². The quantitative estimate of drug-likeness (QED) is 0.859. The molecule has 2 N–H and O–H groups in total. The number of aryl methyl sites for hydroxylation is 1. The van der Waals surface area contributed by atoms with Crippen molar-refractivity contribution in [2.45, 2.75) is 25.7 Å². The second-order valence-electron chi connectivity index (χ2n) is 6.52. The summed E-state index contributed by atoms with van der Waals surface area (Å²) in [5.74, 6) is 0.730. The number of piperazine rings is 1. The van der Waals surface area contributed by atoms with E-state index < -0.39 is 0 Å². The highest BCUT2D eigenvalue weighted by molar-refractivity contribution is 5.76. The molecule has 120 valence electrons. The van der Waals surface area contributed by atoms with Crippen molar-refractivity contribution in [3.8, 4) is 0 Å². The average Bonchev–Trinajstić information content (AvgIpc) is 2.56. The van der Waals surface area contributed by atoms with E-state index in [1.54, 1.807) is 0 Å². The third-order valence-electron chi connectivity index (χ3n) is 4.88.